The molecule has 0 bridgehead atoms. The third-order valence-electron chi connectivity index (χ3n) is 4.73. The van der Waals surface area contributed by atoms with Gasteiger partial charge in [-0.3, -0.25) is 0 Å². The van der Waals surface area contributed by atoms with Crippen LogP contribution in [0.2, 0.25) is 0 Å². The molecule has 1 aromatic heterocycles. The van der Waals surface area contributed by atoms with Gasteiger partial charge in [-0.1, -0.05) is 19.9 Å². The van der Waals surface area contributed by atoms with Crippen LogP contribution < -0.4 is 14.2 Å². The minimum Gasteiger partial charge on any atom is -0.497 e. The summed E-state index contributed by atoms with van der Waals surface area (Å²) >= 11 is 4.64. The summed E-state index contributed by atoms with van der Waals surface area (Å²) in [6.07, 6.45) is 3.68. The lowest BCUT2D eigenvalue weighted by atomic mass is 10.0. The van der Waals surface area contributed by atoms with Gasteiger partial charge >= 0.3 is 0 Å². The highest BCUT2D eigenvalue weighted by Crippen LogP contribution is 2.32. The van der Waals surface area contributed by atoms with Gasteiger partial charge in [0.15, 0.2) is 6.20 Å². The maximum atomic E-state index is 5.36. The fraction of sp³-hybridized carbons (Fsp3) is 0.292. The van der Waals surface area contributed by atoms with Crippen molar-refractivity contribution in [3.63, 3.8) is 0 Å². The number of alkyl halides is 1. The van der Waals surface area contributed by atoms with Crippen LogP contribution in [0.3, 0.4) is 0 Å². The molecule has 0 saturated heterocycles. The lowest BCUT2D eigenvalue weighted by Gasteiger charge is -2.14. The molecule has 28 heavy (non-hydrogen) atoms. The van der Waals surface area contributed by atoms with Crippen molar-refractivity contribution in [2.45, 2.75) is 13.8 Å². The summed E-state index contributed by atoms with van der Waals surface area (Å²) in [5.41, 5.74) is 2.46. The number of aryl methyl sites for hydroxylation is 1. The van der Waals surface area contributed by atoms with Gasteiger partial charge in [0.05, 0.1) is 17.9 Å². The highest BCUT2D eigenvalue weighted by atomic mass is 35.5. The fourth-order valence-electron chi connectivity index (χ4n) is 3.46. The van der Waals surface area contributed by atoms with Crippen LogP contribution in [0.1, 0.15) is 13.8 Å². The van der Waals surface area contributed by atoms with Crippen molar-refractivity contribution < 1.29 is 9.30 Å². The van der Waals surface area contributed by atoms with Crippen LogP contribution in [0.25, 0.3) is 32.4 Å². The lowest BCUT2D eigenvalue weighted by Crippen LogP contribution is -2.28. The maximum absolute atomic E-state index is 5.36. The van der Waals surface area contributed by atoms with Crippen molar-refractivity contribution in [2.24, 2.45) is 7.05 Å². The van der Waals surface area contributed by atoms with Crippen molar-refractivity contribution in [1.29, 1.82) is 0 Å². The largest absolute Gasteiger partial charge is 0.497 e. The summed E-state index contributed by atoms with van der Waals surface area (Å²) in [5.74, 6) is 0.889. The standard InChI is InChI=1S/C21H21N2O.C2H6.CH3Cl/c1-22(2)16-7-5-15-13-23(3)21-18-10-8-17(24-4)11-14(18)6-9-19(21)20(15)12-16;2*1-2/h5-13H,1-4H3;1-2H3;1H3/q+1;;. The van der Waals surface area contributed by atoms with E-state index in [-0.39, 0.29) is 0 Å². The normalized spacial score (nSPS) is 10.1. The Balaban J connectivity index is 0.000000660. The van der Waals surface area contributed by atoms with E-state index in [4.69, 9.17) is 4.74 Å². The first-order chi connectivity index (χ1) is 13.6. The Bertz CT molecular complexity index is 1090. The van der Waals surface area contributed by atoms with Crippen molar-refractivity contribution >= 4 is 49.7 Å². The summed E-state index contributed by atoms with van der Waals surface area (Å²) < 4.78 is 7.59. The van der Waals surface area contributed by atoms with Crippen LogP contribution in [0, 0.1) is 0 Å². The lowest BCUT2D eigenvalue weighted by molar-refractivity contribution is -0.642. The van der Waals surface area contributed by atoms with Gasteiger partial charge in [-0.25, -0.2) is 0 Å². The van der Waals surface area contributed by atoms with Crippen LogP contribution in [0.4, 0.5) is 5.69 Å². The molecule has 0 spiro atoms. The Morgan fingerprint density at radius 2 is 1.46 bits per heavy atom. The van der Waals surface area contributed by atoms with Gasteiger partial charge < -0.3 is 9.64 Å². The second-order valence-electron chi connectivity index (χ2n) is 6.45. The SMILES string of the molecule is CC.CCl.COc1ccc2c(ccc3c4cc(N(C)C)ccc4c[n+](C)c23)c1. The molecule has 0 N–H and O–H groups in total. The zero-order valence-electron chi connectivity index (χ0n) is 17.9. The van der Waals surface area contributed by atoms with Crippen LogP contribution in [0.5, 0.6) is 5.75 Å². The molecule has 3 aromatic carbocycles. The number of methoxy groups -OCH3 is 1. The molecule has 0 fully saturated rings. The van der Waals surface area contributed by atoms with Gasteiger partial charge in [0.1, 0.15) is 12.8 Å². The Labute approximate surface area is 173 Å². The number of hydrogen-bond acceptors (Lipinski definition) is 2. The third kappa shape index (κ3) is 4.00. The third-order valence-corrected chi connectivity index (χ3v) is 4.73. The molecular weight excluding hydrogens is 368 g/mol. The van der Waals surface area contributed by atoms with Crippen molar-refractivity contribution in [2.75, 3.05) is 32.5 Å². The minimum absolute atomic E-state index is 0.889. The van der Waals surface area contributed by atoms with Gasteiger partial charge in [-0.15, -0.1) is 11.6 Å². The number of halogens is 1. The van der Waals surface area contributed by atoms with E-state index in [9.17, 15) is 0 Å². The van der Waals surface area contributed by atoms with E-state index >= 15 is 0 Å². The zero-order chi connectivity index (χ0) is 20.8. The van der Waals surface area contributed by atoms with Crippen LogP contribution in [-0.4, -0.2) is 27.6 Å². The van der Waals surface area contributed by atoms with E-state index in [2.05, 4.69) is 90.9 Å². The first kappa shape index (κ1) is 21.8. The average molecular weight is 398 g/mol. The molecule has 4 heteroatoms. The molecule has 0 radical (unpaired) electrons. The number of rotatable bonds is 2. The Morgan fingerprint density at radius 3 is 2.11 bits per heavy atom. The van der Waals surface area contributed by atoms with Gasteiger partial charge in [0, 0.05) is 36.9 Å². The van der Waals surface area contributed by atoms with Gasteiger partial charge in [0.2, 0.25) is 5.52 Å². The van der Waals surface area contributed by atoms with Gasteiger partial charge in [-0.2, -0.15) is 4.57 Å². The van der Waals surface area contributed by atoms with Crippen LogP contribution >= 0.6 is 11.6 Å². The van der Waals surface area contributed by atoms with Gasteiger partial charge in [-0.05, 0) is 47.9 Å². The number of ether oxygens (including phenoxy) is 1. The molecule has 3 nitrogen and oxygen atoms in total. The number of benzene rings is 3. The monoisotopic (exact) mass is 397 g/mol. The molecule has 1 heterocycles. The summed E-state index contributed by atoms with van der Waals surface area (Å²) in [4.78, 5) is 2.14. The number of pyridine rings is 1. The molecule has 0 aliphatic carbocycles. The van der Waals surface area contributed by atoms with E-state index in [1.165, 1.54) is 44.5 Å². The first-order valence-corrected chi connectivity index (χ1v) is 10.2. The summed E-state index contributed by atoms with van der Waals surface area (Å²) in [5, 5.41) is 6.25. The molecule has 0 amide bonds. The molecule has 4 aromatic rings. The first-order valence-electron chi connectivity index (χ1n) is 9.46. The van der Waals surface area contributed by atoms with E-state index in [1.807, 2.05) is 19.9 Å². The van der Waals surface area contributed by atoms with Crippen LogP contribution in [-0.2, 0) is 7.05 Å². The Morgan fingerprint density at radius 1 is 0.821 bits per heavy atom. The molecular formula is C24H30ClN2O+. The second-order valence-corrected chi connectivity index (χ2v) is 6.45. The molecule has 0 aliphatic rings. The number of hydrogen-bond donors (Lipinski definition) is 0. The summed E-state index contributed by atoms with van der Waals surface area (Å²) in [7, 11) is 7.98. The van der Waals surface area contributed by atoms with E-state index < -0.39 is 0 Å². The number of fused-ring (bicyclic) bond motifs is 5. The van der Waals surface area contributed by atoms with E-state index in [1.54, 1.807) is 7.11 Å². The van der Waals surface area contributed by atoms with Crippen molar-refractivity contribution in [1.82, 2.24) is 0 Å². The average Bonchev–Trinajstić information content (AvgIpc) is 2.75. The maximum Gasteiger partial charge on any atom is 0.220 e. The molecule has 0 aliphatic heterocycles. The van der Waals surface area contributed by atoms with Crippen molar-refractivity contribution in [3.05, 3.63) is 54.7 Å². The smallest absolute Gasteiger partial charge is 0.220 e. The summed E-state index contributed by atoms with van der Waals surface area (Å²) in [6.45, 7) is 4.00. The number of anilines is 1. The molecule has 0 saturated carbocycles. The zero-order valence-corrected chi connectivity index (χ0v) is 18.6. The van der Waals surface area contributed by atoms with E-state index in [0.717, 1.165) is 5.75 Å². The Hall–Kier alpha value is -2.52. The van der Waals surface area contributed by atoms with Gasteiger partial charge in [0.25, 0.3) is 0 Å². The molecule has 148 valence electrons. The molecule has 4 rings (SSSR count). The number of aromatic nitrogens is 1. The Kier molecular flexibility index (Phi) is 7.47. The number of nitrogens with zero attached hydrogens (tertiary/aromatic N) is 2. The minimum atomic E-state index is 0.889. The topological polar surface area (TPSA) is 16.4 Å². The predicted octanol–water partition coefficient (Wildman–Crippen LogP) is 5.93. The summed E-state index contributed by atoms with van der Waals surface area (Å²) in [6, 6.07) is 17.3. The van der Waals surface area contributed by atoms with E-state index in [0.29, 0.717) is 0 Å². The fourth-order valence-corrected chi connectivity index (χ4v) is 3.46. The molecule has 0 atom stereocenters. The quantitative estimate of drug-likeness (QED) is 0.237. The highest BCUT2D eigenvalue weighted by Gasteiger charge is 2.15. The van der Waals surface area contributed by atoms with Crippen LogP contribution in [0.15, 0.2) is 54.7 Å². The van der Waals surface area contributed by atoms with Crippen molar-refractivity contribution in [3.8, 4) is 5.75 Å². The highest BCUT2D eigenvalue weighted by molar-refractivity contribution is 6.15. The predicted molar refractivity (Wildman–Crippen MR) is 124 cm³/mol. The second kappa shape index (κ2) is 9.61. The molecule has 0 unspecified atom stereocenters.